The van der Waals surface area contributed by atoms with Crippen molar-refractivity contribution in [2.45, 2.75) is 32.9 Å². The molecule has 2 amide bonds. The fourth-order valence-electron chi connectivity index (χ4n) is 3.99. The normalized spacial score (nSPS) is 15.9. The highest BCUT2D eigenvalue weighted by atomic mass is 16.2. The van der Waals surface area contributed by atoms with Gasteiger partial charge in [-0.3, -0.25) is 9.59 Å². The Morgan fingerprint density at radius 1 is 0.893 bits per heavy atom. The van der Waals surface area contributed by atoms with Crippen LogP contribution in [-0.2, 0) is 17.8 Å². The van der Waals surface area contributed by atoms with Crippen LogP contribution in [-0.4, -0.2) is 27.3 Å². The Hall–Kier alpha value is -3.34. The standard InChI is InChI=1S/C23H23N3O2/c1-15-7-8-16(2)26(15)20-11-9-17(10-12-20)23(28)25-14-19-6-4-3-5-18(19)13-21(25)22(24)27/h3-12,21H,13-14H2,1-2H3,(H2,24,27). The van der Waals surface area contributed by atoms with Crippen LogP contribution in [0, 0.1) is 13.8 Å². The zero-order chi connectivity index (χ0) is 19.8. The van der Waals surface area contributed by atoms with Crippen LogP contribution in [0.1, 0.15) is 32.9 Å². The summed E-state index contributed by atoms with van der Waals surface area (Å²) in [6.45, 7) is 4.49. The molecule has 142 valence electrons. The van der Waals surface area contributed by atoms with Crippen molar-refractivity contribution in [2.75, 3.05) is 0 Å². The summed E-state index contributed by atoms with van der Waals surface area (Å²) in [6, 6.07) is 18.9. The van der Waals surface area contributed by atoms with Crippen LogP contribution < -0.4 is 5.73 Å². The molecule has 28 heavy (non-hydrogen) atoms. The Morgan fingerprint density at radius 3 is 2.11 bits per heavy atom. The highest BCUT2D eigenvalue weighted by Gasteiger charge is 2.33. The fraction of sp³-hybridized carbons (Fsp3) is 0.217. The molecule has 0 bridgehead atoms. The van der Waals surface area contributed by atoms with Gasteiger partial charge in [0.25, 0.3) is 5.91 Å². The number of fused-ring (bicyclic) bond motifs is 1. The molecule has 1 aliphatic rings. The molecule has 5 heteroatoms. The third kappa shape index (κ3) is 3.09. The lowest BCUT2D eigenvalue weighted by Crippen LogP contribution is -2.51. The summed E-state index contributed by atoms with van der Waals surface area (Å²) in [7, 11) is 0. The predicted molar refractivity (Wildman–Crippen MR) is 108 cm³/mol. The van der Waals surface area contributed by atoms with Crippen LogP contribution in [0.15, 0.2) is 60.7 Å². The van der Waals surface area contributed by atoms with Crippen molar-refractivity contribution < 1.29 is 9.59 Å². The molecular formula is C23H23N3O2. The minimum absolute atomic E-state index is 0.175. The van der Waals surface area contributed by atoms with Crippen molar-refractivity contribution in [3.63, 3.8) is 0 Å². The van der Waals surface area contributed by atoms with E-state index in [2.05, 4.69) is 30.5 Å². The first-order chi connectivity index (χ1) is 13.5. The van der Waals surface area contributed by atoms with Gasteiger partial charge in [0.2, 0.25) is 5.91 Å². The van der Waals surface area contributed by atoms with E-state index < -0.39 is 11.9 Å². The van der Waals surface area contributed by atoms with Gasteiger partial charge in [-0.25, -0.2) is 0 Å². The highest BCUT2D eigenvalue weighted by Crippen LogP contribution is 2.25. The molecule has 1 aliphatic heterocycles. The average molecular weight is 373 g/mol. The summed E-state index contributed by atoms with van der Waals surface area (Å²) >= 11 is 0. The number of hydrogen-bond donors (Lipinski definition) is 1. The fourth-order valence-corrected chi connectivity index (χ4v) is 3.99. The van der Waals surface area contributed by atoms with E-state index >= 15 is 0 Å². The maximum Gasteiger partial charge on any atom is 0.254 e. The number of carbonyl (C=O) groups excluding carboxylic acids is 2. The summed E-state index contributed by atoms with van der Waals surface area (Å²) < 4.78 is 2.14. The lowest BCUT2D eigenvalue weighted by atomic mass is 9.93. The first-order valence-electron chi connectivity index (χ1n) is 9.38. The van der Waals surface area contributed by atoms with Gasteiger partial charge in [-0.15, -0.1) is 0 Å². The zero-order valence-corrected chi connectivity index (χ0v) is 16.1. The smallest absolute Gasteiger partial charge is 0.254 e. The molecule has 0 aliphatic carbocycles. The van der Waals surface area contributed by atoms with E-state index in [0.29, 0.717) is 18.5 Å². The maximum atomic E-state index is 13.2. The monoisotopic (exact) mass is 373 g/mol. The van der Waals surface area contributed by atoms with Crippen molar-refractivity contribution in [1.29, 1.82) is 0 Å². The summed E-state index contributed by atoms with van der Waals surface area (Å²) in [5, 5.41) is 0. The van der Waals surface area contributed by atoms with Crippen LogP contribution >= 0.6 is 0 Å². The van der Waals surface area contributed by atoms with Gasteiger partial charge in [-0.05, 0) is 61.4 Å². The highest BCUT2D eigenvalue weighted by molar-refractivity contribution is 5.97. The summed E-state index contributed by atoms with van der Waals surface area (Å²) in [5.41, 5.74) is 11.6. The Kier molecular flexibility index (Phi) is 4.51. The maximum absolute atomic E-state index is 13.2. The SMILES string of the molecule is Cc1ccc(C)n1-c1ccc(C(=O)N2Cc3ccccc3CC2C(N)=O)cc1. The number of nitrogens with zero attached hydrogens (tertiary/aromatic N) is 2. The molecule has 1 atom stereocenters. The summed E-state index contributed by atoms with van der Waals surface area (Å²) in [5.74, 6) is -0.649. The largest absolute Gasteiger partial charge is 0.368 e. The molecule has 5 nitrogen and oxygen atoms in total. The molecule has 3 aromatic rings. The number of hydrogen-bond acceptors (Lipinski definition) is 2. The molecule has 2 N–H and O–H groups in total. The van der Waals surface area contributed by atoms with Crippen LogP contribution in [0.25, 0.3) is 5.69 Å². The molecule has 4 rings (SSSR count). The van der Waals surface area contributed by atoms with E-state index in [0.717, 1.165) is 28.2 Å². The number of aryl methyl sites for hydroxylation is 2. The van der Waals surface area contributed by atoms with Gasteiger partial charge in [0.1, 0.15) is 6.04 Å². The minimum atomic E-state index is -0.629. The molecular weight excluding hydrogens is 350 g/mol. The third-order valence-electron chi connectivity index (χ3n) is 5.48. The van der Waals surface area contributed by atoms with Gasteiger partial charge in [0.05, 0.1) is 0 Å². The molecule has 0 saturated heterocycles. The van der Waals surface area contributed by atoms with Gasteiger partial charge in [-0.1, -0.05) is 24.3 Å². The molecule has 0 spiro atoms. The number of rotatable bonds is 3. The third-order valence-corrected chi connectivity index (χ3v) is 5.48. The van der Waals surface area contributed by atoms with Crippen molar-refractivity contribution in [1.82, 2.24) is 9.47 Å². The molecule has 0 saturated carbocycles. The second-order valence-electron chi connectivity index (χ2n) is 7.32. The van der Waals surface area contributed by atoms with Gasteiger partial charge >= 0.3 is 0 Å². The molecule has 2 aromatic carbocycles. The zero-order valence-electron chi connectivity index (χ0n) is 16.1. The number of carbonyl (C=O) groups is 2. The lowest BCUT2D eigenvalue weighted by molar-refractivity contribution is -0.122. The Bertz CT molecular complexity index is 1030. The van der Waals surface area contributed by atoms with Crippen LogP contribution in [0.5, 0.6) is 0 Å². The van der Waals surface area contributed by atoms with E-state index in [-0.39, 0.29) is 5.91 Å². The second-order valence-corrected chi connectivity index (χ2v) is 7.32. The van der Waals surface area contributed by atoms with Gasteiger partial charge in [0, 0.05) is 35.6 Å². The number of benzene rings is 2. The number of amides is 2. The second kappa shape index (κ2) is 7.00. The van der Waals surface area contributed by atoms with Crippen molar-refractivity contribution >= 4 is 11.8 Å². The number of aromatic nitrogens is 1. The van der Waals surface area contributed by atoms with Crippen molar-refractivity contribution in [2.24, 2.45) is 5.73 Å². The van der Waals surface area contributed by atoms with E-state index in [4.69, 9.17) is 5.73 Å². The number of nitrogens with two attached hydrogens (primary N) is 1. The van der Waals surface area contributed by atoms with E-state index in [1.54, 1.807) is 4.90 Å². The average Bonchev–Trinajstić information content (AvgIpc) is 3.04. The first-order valence-corrected chi connectivity index (χ1v) is 9.38. The van der Waals surface area contributed by atoms with Crippen LogP contribution in [0.3, 0.4) is 0 Å². The molecule has 0 radical (unpaired) electrons. The van der Waals surface area contributed by atoms with Crippen LogP contribution in [0.4, 0.5) is 0 Å². The quantitative estimate of drug-likeness (QED) is 0.766. The van der Waals surface area contributed by atoms with Gasteiger partial charge in [-0.2, -0.15) is 0 Å². The van der Waals surface area contributed by atoms with E-state index in [1.165, 1.54) is 0 Å². The summed E-state index contributed by atoms with van der Waals surface area (Å²) in [4.78, 5) is 26.8. The Balaban J connectivity index is 1.64. The Morgan fingerprint density at radius 2 is 1.50 bits per heavy atom. The van der Waals surface area contributed by atoms with Crippen molar-refractivity contribution in [3.05, 3.63) is 88.7 Å². The lowest BCUT2D eigenvalue weighted by Gasteiger charge is -2.35. The topological polar surface area (TPSA) is 68.3 Å². The number of primary amides is 1. The van der Waals surface area contributed by atoms with Gasteiger partial charge in [0.15, 0.2) is 0 Å². The molecule has 0 fully saturated rings. The summed E-state index contributed by atoms with van der Waals surface area (Å²) in [6.07, 6.45) is 0.455. The van der Waals surface area contributed by atoms with Crippen molar-refractivity contribution in [3.8, 4) is 5.69 Å². The van der Waals surface area contributed by atoms with E-state index in [1.807, 2.05) is 48.5 Å². The first kappa shape index (κ1) is 18.0. The molecule has 1 aromatic heterocycles. The molecule has 1 unspecified atom stereocenters. The van der Waals surface area contributed by atoms with Gasteiger partial charge < -0.3 is 15.2 Å². The predicted octanol–water partition coefficient (Wildman–Crippen LogP) is 3.15. The van der Waals surface area contributed by atoms with Crippen LogP contribution in [0.2, 0.25) is 0 Å². The molecule has 2 heterocycles. The Labute approximate surface area is 164 Å². The minimum Gasteiger partial charge on any atom is -0.368 e. The van der Waals surface area contributed by atoms with E-state index in [9.17, 15) is 9.59 Å².